The number of anilines is 1. The molecule has 20 heavy (non-hydrogen) atoms. The maximum absolute atomic E-state index is 11.3. The lowest BCUT2D eigenvalue weighted by atomic mass is 10.1. The van der Waals surface area contributed by atoms with E-state index in [4.69, 9.17) is 11.5 Å². The molecule has 0 atom stereocenters. The van der Waals surface area contributed by atoms with Crippen LogP contribution in [0.15, 0.2) is 18.2 Å². The van der Waals surface area contributed by atoms with Crippen molar-refractivity contribution in [1.29, 1.82) is 0 Å². The number of benzene rings is 1. The van der Waals surface area contributed by atoms with Crippen molar-refractivity contribution in [3.63, 3.8) is 0 Å². The molecule has 2 rings (SSSR count). The van der Waals surface area contributed by atoms with E-state index in [9.17, 15) is 9.59 Å². The van der Waals surface area contributed by atoms with Gasteiger partial charge in [0, 0.05) is 22.9 Å². The number of hydrogen-bond acceptors (Lipinski definition) is 3. The van der Waals surface area contributed by atoms with Gasteiger partial charge in [-0.3, -0.25) is 9.59 Å². The van der Waals surface area contributed by atoms with Gasteiger partial charge in [0.2, 0.25) is 11.8 Å². The first-order valence-corrected chi connectivity index (χ1v) is 7.07. The molecule has 0 spiro atoms. The van der Waals surface area contributed by atoms with E-state index in [1.807, 2.05) is 0 Å². The minimum Gasteiger partial charge on any atom is -0.382 e. The molecule has 0 saturated heterocycles. The quantitative estimate of drug-likeness (QED) is 0.733. The molecule has 2 amide bonds. The first-order valence-electron chi connectivity index (χ1n) is 7.07. The van der Waals surface area contributed by atoms with Crippen LogP contribution in [0, 0.1) is 0 Å². The minimum atomic E-state index is -0.558. The Morgan fingerprint density at radius 3 is 1.85 bits per heavy atom. The summed E-state index contributed by atoms with van der Waals surface area (Å²) < 4.78 is 0. The standard InChI is InChI=1S/C15H21N3O2/c16-14(19)10-7-11(15(17)20)9-13(8-10)18-12-5-3-1-2-4-6-12/h7-9,12,18H,1-6H2,(H2,16,19)(H2,17,20). The fourth-order valence-corrected chi connectivity index (χ4v) is 2.65. The van der Waals surface area contributed by atoms with Crippen molar-refractivity contribution < 1.29 is 9.59 Å². The summed E-state index contributed by atoms with van der Waals surface area (Å²) in [6, 6.07) is 5.17. The van der Waals surface area contributed by atoms with Crippen LogP contribution in [0.1, 0.15) is 59.2 Å². The second-order valence-corrected chi connectivity index (χ2v) is 5.36. The third kappa shape index (κ3) is 3.73. The molecule has 1 aromatic carbocycles. The van der Waals surface area contributed by atoms with Gasteiger partial charge in [-0.1, -0.05) is 25.7 Å². The van der Waals surface area contributed by atoms with E-state index >= 15 is 0 Å². The lowest BCUT2D eigenvalue weighted by molar-refractivity contribution is 0.0999. The monoisotopic (exact) mass is 275 g/mol. The highest BCUT2D eigenvalue weighted by Crippen LogP contribution is 2.22. The van der Waals surface area contributed by atoms with Crippen LogP contribution in [-0.2, 0) is 0 Å². The van der Waals surface area contributed by atoms with Crippen LogP contribution in [-0.4, -0.2) is 17.9 Å². The van der Waals surface area contributed by atoms with Crippen molar-refractivity contribution in [1.82, 2.24) is 0 Å². The van der Waals surface area contributed by atoms with Gasteiger partial charge < -0.3 is 16.8 Å². The molecule has 1 aliphatic carbocycles. The Morgan fingerprint density at radius 1 is 0.900 bits per heavy atom. The molecule has 1 aliphatic rings. The Kier molecular flexibility index (Phi) is 4.61. The maximum Gasteiger partial charge on any atom is 0.248 e. The van der Waals surface area contributed by atoms with Crippen LogP contribution in [0.4, 0.5) is 5.69 Å². The SMILES string of the molecule is NC(=O)c1cc(NC2CCCCCC2)cc(C(N)=O)c1. The molecule has 5 heteroatoms. The van der Waals surface area contributed by atoms with Crippen molar-refractivity contribution in [2.45, 2.75) is 44.6 Å². The zero-order valence-electron chi connectivity index (χ0n) is 11.5. The van der Waals surface area contributed by atoms with Gasteiger partial charge in [-0.2, -0.15) is 0 Å². The molecule has 0 heterocycles. The van der Waals surface area contributed by atoms with Gasteiger partial charge in [-0.05, 0) is 31.0 Å². The average molecular weight is 275 g/mol. The first kappa shape index (κ1) is 14.4. The molecule has 1 fully saturated rings. The third-order valence-electron chi connectivity index (χ3n) is 3.73. The Labute approximate surface area is 118 Å². The summed E-state index contributed by atoms with van der Waals surface area (Å²) in [6.45, 7) is 0. The predicted molar refractivity (Wildman–Crippen MR) is 78.6 cm³/mol. The topological polar surface area (TPSA) is 98.2 Å². The highest BCUT2D eigenvalue weighted by atomic mass is 16.1. The minimum absolute atomic E-state index is 0.303. The van der Waals surface area contributed by atoms with Crippen LogP contribution in [0.2, 0.25) is 0 Å². The van der Waals surface area contributed by atoms with Gasteiger partial charge in [0.05, 0.1) is 0 Å². The number of carbonyl (C=O) groups is 2. The van der Waals surface area contributed by atoms with Crippen LogP contribution in [0.3, 0.4) is 0 Å². The largest absolute Gasteiger partial charge is 0.382 e. The highest BCUT2D eigenvalue weighted by Gasteiger charge is 2.14. The molecular weight excluding hydrogens is 254 g/mol. The molecule has 108 valence electrons. The van der Waals surface area contributed by atoms with Crippen molar-refractivity contribution in [2.75, 3.05) is 5.32 Å². The van der Waals surface area contributed by atoms with E-state index in [1.54, 1.807) is 12.1 Å². The lowest BCUT2D eigenvalue weighted by Crippen LogP contribution is -2.20. The van der Waals surface area contributed by atoms with Gasteiger partial charge in [0.1, 0.15) is 0 Å². The van der Waals surface area contributed by atoms with E-state index in [-0.39, 0.29) is 0 Å². The summed E-state index contributed by atoms with van der Waals surface area (Å²) in [6.07, 6.45) is 7.16. The van der Waals surface area contributed by atoms with Crippen LogP contribution in [0.25, 0.3) is 0 Å². The maximum atomic E-state index is 11.3. The van der Waals surface area contributed by atoms with Gasteiger partial charge >= 0.3 is 0 Å². The second kappa shape index (κ2) is 6.41. The van der Waals surface area contributed by atoms with E-state index in [2.05, 4.69) is 5.32 Å². The van der Waals surface area contributed by atoms with E-state index in [0.29, 0.717) is 17.2 Å². The summed E-state index contributed by atoms with van der Waals surface area (Å²) in [5, 5.41) is 3.40. The lowest BCUT2D eigenvalue weighted by Gasteiger charge is -2.18. The number of primary amides is 2. The summed E-state index contributed by atoms with van der Waals surface area (Å²) in [5.41, 5.74) is 11.9. The Bertz CT molecular complexity index is 474. The normalized spacial score (nSPS) is 16.4. The summed E-state index contributed by atoms with van der Waals surface area (Å²) in [5.74, 6) is -1.12. The summed E-state index contributed by atoms with van der Waals surface area (Å²) >= 11 is 0. The average Bonchev–Trinajstić information content (AvgIpc) is 2.67. The molecule has 0 bridgehead atoms. The van der Waals surface area contributed by atoms with Crippen LogP contribution >= 0.6 is 0 Å². The summed E-state index contributed by atoms with van der Waals surface area (Å²) in [7, 11) is 0. The number of carbonyl (C=O) groups excluding carboxylic acids is 2. The Morgan fingerprint density at radius 2 is 1.40 bits per heavy atom. The number of rotatable bonds is 4. The molecule has 0 aromatic heterocycles. The fraction of sp³-hybridized carbons (Fsp3) is 0.467. The van der Waals surface area contributed by atoms with Crippen molar-refractivity contribution in [3.8, 4) is 0 Å². The predicted octanol–water partition coefficient (Wildman–Crippen LogP) is 2.02. The van der Waals surface area contributed by atoms with Crippen LogP contribution in [0.5, 0.6) is 0 Å². The molecule has 5 N–H and O–H groups in total. The molecule has 0 radical (unpaired) electrons. The second-order valence-electron chi connectivity index (χ2n) is 5.36. The Balaban J connectivity index is 2.21. The van der Waals surface area contributed by atoms with E-state index in [1.165, 1.54) is 31.7 Å². The van der Waals surface area contributed by atoms with E-state index in [0.717, 1.165) is 18.5 Å². The van der Waals surface area contributed by atoms with Crippen molar-refractivity contribution in [2.24, 2.45) is 11.5 Å². The Hall–Kier alpha value is -2.04. The fourth-order valence-electron chi connectivity index (χ4n) is 2.65. The molecular formula is C15H21N3O2. The number of nitrogens with one attached hydrogen (secondary N) is 1. The van der Waals surface area contributed by atoms with E-state index < -0.39 is 11.8 Å². The zero-order chi connectivity index (χ0) is 14.5. The summed E-state index contributed by atoms with van der Waals surface area (Å²) in [4.78, 5) is 22.6. The van der Waals surface area contributed by atoms with Gasteiger partial charge in [0.25, 0.3) is 0 Å². The molecule has 5 nitrogen and oxygen atoms in total. The zero-order valence-corrected chi connectivity index (χ0v) is 11.5. The van der Waals surface area contributed by atoms with Gasteiger partial charge in [-0.15, -0.1) is 0 Å². The number of nitrogens with two attached hydrogens (primary N) is 2. The van der Waals surface area contributed by atoms with Crippen molar-refractivity contribution >= 4 is 17.5 Å². The van der Waals surface area contributed by atoms with Gasteiger partial charge in [-0.25, -0.2) is 0 Å². The molecule has 0 unspecified atom stereocenters. The van der Waals surface area contributed by atoms with Crippen molar-refractivity contribution in [3.05, 3.63) is 29.3 Å². The number of hydrogen-bond donors (Lipinski definition) is 3. The van der Waals surface area contributed by atoms with Crippen LogP contribution < -0.4 is 16.8 Å². The molecule has 1 aromatic rings. The smallest absolute Gasteiger partial charge is 0.248 e. The van der Waals surface area contributed by atoms with Gasteiger partial charge in [0.15, 0.2) is 0 Å². The first-order chi connectivity index (χ1) is 9.56. The number of amides is 2. The highest BCUT2D eigenvalue weighted by molar-refractivity contribution is 5.99. The third-order valence-corrected chi connectivity index (χ3v) is 3.73. The molecule has 0 aliphatic heterocycles. The molecule has 1 saturated carbocycles.